The van der Waals surface area contributed by atoms with Crippen LogP contribution in [0.1, 0.15) is 49.7 Å². The van der Waals surface area contributed by atoms with Crippen LogP contribution in [-0.4, -0.2) is 51.7 Å². The first-order chi connectivity index (χ1) is 14.5. The molecule has 0 bridgehead atoms. The van der Waals surface area contributed by atoms with Crippen LogP contribution in [0.4, 0.5) is 0 Å². The van der Waals surface area contributed by atoms with Gasteiger partial charge in [-0.25, -0.2) is 4.68 Å². The number of carbonyl (C=O) groups is 1. The zero-order chi connectivity index (χ0) is 21.1. The zero-order valence-electron chi connectivity index (χ0n) is 18.1. The van der Waals surface area contributed by atoms with Crippen molar-refractivity contribution in [2.75, 3.05) is 26.2 Å². The molecule has 0 aliphatic carbocycles. The summed E-state index contributed by atoms with van der Waals surface area (Å²) in [7, 11) is 0. The van der Waals surface area contributed by atoms with Crippen molar-refractivity contribution >= 4 is 18.1 Å². The Labute approximate surface area is 183 Å². The van der Waals surface area contributed by atoms with Crippen molar-refractivity contribution in [3.8, 4) is 11.5 Å². The van der Waals surface area contributed by atoms with E-state index in [-0.39, 0.29) is 5.92 Å². The number of aryl methyl sites for hydroxylation is 2. The van der Waals surface area contributed by atoms with Gasteiger partial charge in [-0.15, -0.1) is 5.10 Å². The lowest BCUT2D eigenvalue weighted by Gasteiger charge is -2.33. The molecular formula is C23H32N4O2S. The summed E-state index contributed by atoms with van der Waals surface area (Å²) in [5.41, 5.74) is 3.31. The summed E-state index contributed by atoms with van der Waals surface area (Å²) in [6, 6.07) is 6.27. The van der Waals surface area contributed by atoms with Crippen molar-refractivity contribution in [1.82, 2.24) is 19.6 Å². The van der Waals surface area contributed by atoms with E-state index in [0.29, 0.717) is 23.3 Å². The van der Waals surface area contributed by atoms with Gasteiger partial charge < -0.3 is 9.32 Å². The Balaban J connectivity index is 1.35. The van der Waals surface area contributed by atoms with Crippen LogP contribution >= 0.6 is 12.2 Å². The highest BCUT2D eigenvalue weighted by Crippen LogP contribution is 2.24. The van der Waals surface area contributed by atoms with Crippen LogP contribution in [0.3, 0.4) is 0 Å². The Morgan fingerprint density at radius 2 is 1.67 bits per heavy atom. The molecule has 2 aromatic rings. The van der Waals surface area contributed by atoms with Gasteiger partial charge in [0.2, 0.25) is 11.8 Å². The Morgan fingerprint density at radius 1 is 1.03 bits per heavy atom. The Morgan fingerprint density at radius 3 is 2.30 bits per heavy atom. The number of benzene rings is 1. The number of hydrogen-bond acceptors (Lipinski definition) is 5. The smallest absolute Gasteiger partial charge is 0.288 e. The molecule has 1 aromatic carbocycles. The maximum Gasteiger partial charge on any atom is 0.288 e. The number of rotatable bonds is 4. The molecule has 6 nitrogen and oxygen atoms in total. The monoisotopic (exact) mass is 428 g/mol. The van der Waals surface area contributed by atoms with E-state index in [1.54, 1.807) is 4.68 Å². The van der Waals surface area contributed by atoms with Gasteiger partial charge in [0.05, 0.1) is 6.67 Å². The van der Waals surface area contributed by atoms with E-state index < -0.39 is 0 Å². The second-order valence-corrected chi connectivity index (χ2v) is 9.17. The van der Waals surface area contributed by atoms with Gasteiger partial charge >= 0.3 is 0 Å². The fraction of sp³-hybridized carbons (Fsp3) is 0.609. The number of nitrogens with zero attached hydrogens (tertiary/aromatic N) is 4. The van der Waals surface area contributed by atoms with Crippen LogP contribution in [0, 0.1) is 24.6 Å². The minimum atomic E-state index is 0.162. The van der Waals surface area contributed by atoms with E-state index in [2.05, 4.69) is 46.9 Å². The predicted octanol–water partition coefficient (Wildman–Crippen LogP) is 4.56. The van der Waals surface area contributed by atoms with Crippen molar-refractivity contribution in [1.29, 1.82) is 0 Å². The first kappa shape index (κ1) is 21.2. The van der Waals surface area contributed by atoms with E-state index in [4.69, 9.17) is 16.6 Å². The molecule has 0 atom stereocenters. The number of hydrogen-bond donors (Lipinski definition) is 0. The minimum absolute atomic E-state index is 0.162. The van der Waals surface area contributed by atoms with Gasteiger partial charge in [0.25, 0.3) is 4.84 Å². The molecular weight excluding hydrogens is 396 g/mol. The quantitative estimate of drug-likeness (QED) is 0.668. The van der Waals surface area contributed by atoms with Gasteiger partial charge in [-0.3, -0.25) is 9.69 Å². The SMILES string of the molecule is Cc1cc(C)cc(-c2nn(CN3CCC(C(=O)N4CCCCCC4)CC3)c(=S)o2)c1. The maximum atomic E-state index is 12.9. The van der Waals surface area contributed by atoms with Gasteiger partial charge in [0.15, 0.2) is 0 Å². The van der Waals surface area contributed by atoms with E-state index in [9.17, 15) is 4.79 Å². The van der Waals surface area contributed by atoms with E-state index in [1.165, 1.54) is 24.0 Å². The number of aromatic nitrogens is 2. The average molecular weight is 429 g/mol. The molecule has 0 unspecified atom stereocenters. The first-order valence-electron chi connectivity index (χ1n) is 11.2. The summed E-state index contributed by atoms with van der Waals surface area (Å²) in [4.78, 5) is 17.7. The summed E-state index contributed by atoms with van der Waals surface area (Å²) >= 11 is 5.42. The van der Waals surface area contributed by atoms with Crippen molar-refractivity contribution < 1.29 is 9.21 Å². The first-order valence-corrected chi connectivity index (χ1v) is 11.6. The third-order valence-corrected chi connectivity index (χ3v) is 6.56. The summed E-state index contributed by atoms with van der Waals surface area (Å²) in [5, 5.41) is 4.62. The highest BCUT2D eigenvalue weighted by Gasteiger charge is 2.29. The topological polar surface area (TPSA) is 54.5 Å². The van der Waals surface area contributed by atoms with Crippen LogP contribution in [0.5, 0.6) is 0 Å². The van der Waals surface area contributed by atoms with Gasteiger partial charge in [-0.1, -0.05) is 30.0 Å². The minimum Gasteiger partial charge on any atom is -0.409 e. The molecule has 0 N–H and O–H groups in total. The number of piperidine rings is 1. The molecule has 0 radical (unpaired) electrons. The van der Waals surface area contributed by atoms with Gasteiger partial charge in [-0.05, 0) is 63.9 Å². The number of likely N-dealkylation sites (tertiary alicyclic amines) is 2. The zero-order valence-corrected chi connectivity index (χ0v) is 18.9. The van der Waals surface area contributed by atoms with Crippen molar-refractivity contribution in [3.63, 3.8) is 0 Å². The van der Waals surface area contributed by atoms with Crippen LogP contribution in [0.25, 0.3) is 11.5 Å². The summed E-state index contributed by atoms with van der Waals surface area (Å²) in [6.07, 6.45) is 6.62. The molecule has 30 heavy (non-hydrogen) atoms. The second kappa shape index (κ2) is 9.43. The largest absolute Gasteiger partial charge is 0.409 e. The van der Waals surface area contributed by atoms with E-state index in [0.717, 1.165) is 57.4 Å². The molecule has 4 rings (SSSR count). The lowest BCUT2D eigenvalue weighted by molar-refractivity contribution is -0.137. The molecule has 2 fully saturated rings. The third-order valence-electron chi connectivity index (χ3n) is 6.26. The highest BCUT2D eigenvalue weighted by molar-refractivity contribution is 7.71. The van der Waals surface area contributed by atoms with Crippen LogP contribution in [0.15, 0.2) is 22.6 Å². The van der Waals surface area contributed by atoms with Gasteiger partial charge in [-0.2, -0.15) is 0 Å². The molecule has 3 heterocycles. The highest BCUT2D eigenvalue weighted by atomic mass is 32.1. The van der Waals surface area contributed by atoms with Crippen LogP contribution < -0.4 is 0 Å². The molecule has 0 saturated carbocycles. The normalized spacial score (nSPS) is 19.1. The molecule has 1 aromatic heterocycles. The fourth-order valence-electron chi connectivity index (χ4n) is 4.67. The fourth-order valence-corrected chi connectivity index (χ4v) is 4.85. The van der Waals surface area contributed by atoms with Gasteiger partial charge in [0, 0.05) is 37.7 Å². The lowest BCUT2D eigenvalue weighted by atomic mass is 9.95. The second-order valence-electron chi connectivity index (χ2n) is 8.82. The Kier molecular flexibility index (Phi) is 6.68. The van der Waals surface area contributed by atoms with E-state index >= 15 is 0 Å². The molecule has 0 spiro atoms. The number of carbonyl (C=O) groups excluding carboxylic acids is 1. The molecule has 2 saturated heterocycles. The van der Waals surface area contributed by atoms with Crippen molar-refractivity contribution in [3.05, 3.63) is 34.2 Å². The van der Waals surface area contributed by atoms with Gasteiger partial charge in [0.1, 0.15) is 0 Å². The van der Waals surface area contributed by atoms with Crippen molar-refractivity contribution in [2.45, 2.75) is 59.0 Å². The average Bonchev–Trinajstić information content (AvgIpc) is 2.92. The van der Waals surface area contributed by atoms with Crippen molar-refractivity contribution in [2.24, 2.45) is 5.92 Å². The lowest BCUT2D eigenvalue weighted by Crippen LogP contribution is -2.43. The molecule has 1 amide bonds. The summed E-state index contributed by atoms with van der Waals surface area (Å²) in [5.74, 6) is 1.10. The van der Waals surface area contributed by atoms with Crippen LogP contribution in [-0.2, 0) is 11.5 Å². The Bertz CT molecular complexity index is 915. The van der Waals surface area contributed by atoms with E-state index in [1.807, 2.05) is 0 Å². The molecule has 2 aliphatic heterocycles. The summed E-state index contributed by atoms with van der Waals surface area (Å²) in [6.45, 7) is 8.40. The Hall–Kier alpha value is -1.99. The van der Waals surface area contributed by atoms with Crippen LogP contribution in [0.2, 0.25) is 0 Å². The standard InChI is InChI=1S/C23H32N4O2S/c1-17-13-18(2)15-20(14-17)21-24-27(23(30)29-21)16-25-11-7-19(8-12-25)22(28)26-9-5-3-4-6-10-26/h13-15,19H,3-12,16H2,1-2H3. The maximum absolute atomic E-state index is 12.9. The molecule has 162 valence electrons. The predicted molar refractivity (Wildman–Crippen MR) is 120 cm³/mol. The summed E-state index contributed by atoms with van der Waals surface area (Å²) < 4.78 is 7.55. The number of amides is 1. The molecule has 2 aliphatic rings. The molecule has 7 heteroatoms. The third kappa shape index (κ3) is 5.01.